The molecule has 2 rings (SSSR count). The predicted molar refractivity (Wildman–Crippen MR) is 51.4 cm³/mol. The molecule has 0 bridgehead atoms. The van der Waals surface area contributed by atoms with Gasteiger partial charge in [0.25, 0.3) is 0 Å². The maximum absolute atomic E-state index is 5.90. The summed E-state index contributed by atoms with van der Waals surface area (Å²) in [7, 11) is 0. The molecule has 1 aliphatic rings. The van der Waals surface area contributed by atoms with Crippen LogP contribution in [0.3, 0.4) is 0 Å². The number of hydrogen-bond donors (Lipinski definition) is 4. The summed E-state index contributed by atoms with van der Waals surface area (Å²) in [6.07, 6.45) is -0.176. The number of nitrogens with two attached hydrogens (primary N) is 2. The summed E-state index contributed by atoms with van der Waals surface area (Å²) in [6, 6.07) is 10.1. The summed E-state index contributed by atoms with van der Waals surface area (Å²) in [5.74, 6) is 0. The third-order valence-corrected chi connectivity index (χ3v) is 2.36. The first-order valence-electron chi connectivity index (χ1n) is 4.36. The maximum Gasteiger partial charge on any atom is 0.0851 e. The minimum Gasteiger partial charge on any atom is -0.324 e. The van der Waals surface area contributed by atoms with E-state index >= 15 is 0 Å². The zero-order valence-electron chi connectivity index (χ0n) is 7.27. The van der Waals surface area contributed by atoms with Crippen LogP contribution in [0.5, 0.6) is 0 Å². The van der Waals surface area contributed by atoms with E-state index in [4.69, 9.17) is 11.5 Å². The van der Waals surface area contributed by atoms with Gasteiger partial charge in [0.15, 0.2) is 0 Å². The van der Waals surface area contributed by atoms with E-state index in [1.807, 2.05) is 30.3 Å². The monoisotopic (exact) mass is 178 g/mol. The Bertz CT molecular complexity index is 274. The van der Waals surface area contributed by atoms with Gasteiger partial charge < -0.3 is 11.5 Å². The Hall–Kier alpha value is -0.940. The van der Waals surface area contributed by atoms with Crippen LogP contribution >= 0.6 is 0 Å². The van der Waals surface area contributed by atoms with Gasteiger partial charge in [0.2, 0.25) is 0 Å². The van der Waals surface area contributed by atoms with Crippen LogP contribution < -0.4 is 22.3 Å². The van der Waals surface area contributed by atoms with E-state index < -0.39 is 0 Å². The zero-order valence-corrected chi connectivity index (χ0v) is 7.27. The molecule has 4 heteroatoms. The summed E-state index contributed by atoms with van der Waals surface area (Å²) in [5.41, 5.74) is 18.8. The molecular formula is C9H14N4. The van der Waals surface area contributed by atoms with Gasteiger partial charge in [-0.25, -0.2) is 10.9 Å². The second-order valence-corrected chi connectivity index (χ2v) is 3.28. The van der Waals surface area contributed by atoms with Crippen LogP contribution in [0, 0.1) is 0 Å². The summed E-state index contributed by atoms with van der Waals surface area (Å²) >= 11 is 0. The van der Waals surface area contributed by atoms with Crippen LogP contribution in [0.25, 0.3) is 0 Å². The molecule has 3 atom stereocenters. The molecule has 0 aromatic heterocycles. The van der Waals surface area contributed by atoms with E-state index in [-0.39, 0.29) is 18.2 Å². The fourth-order valence-corrected chi connectivity index (χ4v) is 1.55. The molecule has 0 radical (unpaired) electrons. The fourth-order valence-electron chi connectivity index (χ4n) is 1.55. The van der Waals surface area contributed by atoms with Crippen molar-refractivity contribution in [1.82, 2.24) is 10.9 Å². The van der Waals surface area contributed by atoms with Crippen molar-refractivity contribution in [3.63, 3.8) is 0 Å². The molecule has 0 amide bonds. The molecule has 1 aliphatic heterocycles. The number of rotatable bonds is 1. The van der Waals surface area contributed by atoms with Crippen LogP contribution in [0.1, 0.15) is 11.6 Å². The van der Waals surface area contributed by atoms with E-state index in [1.54, 1.807) is 0 Å². The Kier molecular flexibility index (Phi) is 2.28. The maximum atomic E-state index is 5.90. The summed E-state index contributed by atoms with van der Waals surface area (Å²) in [4.78, 5) is 0. The highest BCUT2D eigenvalue weighted by Gasteiger charge is 2.30. The van der Waals surface area contributed by atoms with Crippen molar-refractivity contribution < 1.29 is 0 Å². The van der Waals surface area contributed by atoms with Crippen LogP contribution in [-0.4, -0.2) is 12.2 Å². The van der Waals surface area contributed by atoms with Crippen molar-refractivity contribution in [1.29, 1.82) is 0 Å². The molecule has 13 heavy (non-hydrogen) atoms. The highest BCUT2D eigenvalue weighted by atomic mass is 15.5. The number of hydrogen-bond acceptors (Lipinski definition) is 4. The van der Waals surface area contributed by atoms with E-state index in [1.165, 1.54) is 0 Å². The second kappa shape index (κ2) is 3.43. The molecule has 0 saturated carbocycles. The van der Waals surface area contributed by atoms with E-state index in [0.717, 1.165) is 5.56 Å². The van der Waals surface area contributed by atoms with Gasteiger partial charge in [0.1, 0.15) is 0 Å². The average molecular weight is 178 g/mol. The quantitative estimate of drug-likeness (QED) is 0.465. The smallest absolute Gasteiger partial charge is 0.0851 e. The zero-order chi connectivity index (χ0) is 9.26. The van der Waals surface area contributed by atoms with Gasteiger partial charge >= 0.3 is 0 Å². The molecule has 3 unspecified atom stereocenters. The minimum absolute atomic E-state index is 0.0811. The van der Waals surface area contributed by atoms with Crippen molar-refractivity contribution in [3.8, 4) is 0 Å². The number of nitrogens with one attached hydrogen (secondary N) is 2. The molecular weight excluding hydrogens is 164 g/mol. The van der Waals surface area contributed by atoms with Crippen LogP contribution in [-0.2, 0) is 0 Å². The molecule has 1 saturated heterocycles. The van der Waals surface area contributed by atoms with E-state index in [9.17, 15) is 0 Å². The van der Waals surface area contributed by atoms with Gasteiger partial charge in [-0.3, -0.25) is 0 Å². The average Bonchev–Trinajstić information content (AvgIpc) is 2.49. The Morgan fingerprint density at radius 2 is 1.69 bits per heavy atom. The summed E-state index contributed by atoms with van der Waals surface area (Å²) in [5, 5.41) is 0. The highest BCUT2D eigenvalue weighted by Crippen LogP contribution is 2.18. The van der Waals surface area contributed by atoms with Crippen molar-refractivity contribution >= 4 is 0 Å². The lowest BCUT2D eigenvalue weighted by atomic mass is 10.0. The molecule has 6 N–H and O–H groups in total. The van der Waals surface area contributed by atoms with E-state index in [2.05, 4.69) is 10.9 Å². The summed E-state index contributed by atoms with van der Waals surface area (Å²) in [6.45, 7) is 0. The SMILES string of the molecule is NC1NNC(c2ccccc2)C1N. The highest BCUT2D eigenvalue weighted by molar-refractivity contribution is 5.22. The minimum atomic E-state index is -0.176. The first-order chi connectivity index (χ1) is 6.29. The van der Waals surface area contributed by atoms with E-state index in [0.29, 0.717) is 0 Å². The van der Waals surface area contributed by atoms with Crippen molar-refractivity contribution in [2.24, 2.45) is 11.5 Å². The van der Waals surface area contributed by atoms with Crippen LogP contribution in [0.15, 0.2) is 30.3 Å². The summed E-state index contributed by atoms with van der Waals surface area (Å²) < 4.78 is 0. The molecule has 0 spiro atoms. The fraction of sp³-hybridized carbons (Fsp3) is 0.333. The molecule has 0 aliphatic carbocycles. The van der Waals surface area contributed by atoms with Crippen LogP contribution in [0.4, 0.5) is 0 Å². The molecule has 1 heterocycles. The van der Waals surface area contributed by atoms with Crippen molar-refractivity contribution in [2.75, 3.05) is 0 Å². The Morgan fingerprint density at radius 3 is 2.23 bits per heavy atom. The van der Waals surface area contributed by atoms with Gasteiger partial charge in [0, 0.05) is 0 Å². The first-order valence-corrected chi connectivity index (χ1v) is 4.36. The van der Waals surface area contributed by atoms with Gasteiger partial charge in [0.05, 0.1) is 18.2 Å². The van der Waals surface area contributed by atoms with Crippen molar-refractivity contribution in [2.45, 2.75) is 18.2 Å². The molecule has 70 valence electrons. The molecule has 1 aromatic carbocycles. The second-order valence-electron chi connectivity index (χ2n) is 3.28. The topological polar surface area (TPSA) is 76.1 Å². The lowest BCUT2D eigenvalue weighted by Crippen LogP contribution is -2.45. The standard InChI is InChI=1S/C9H14N4/c10-7-8(12-13-9(7)11)6-4-2-1-3-5-6/h1-5,7-9,12-13H,10-11H2. The molecule has 4 nitrogen and oxygen atoms in total. The predicted octanol–water partition coefficient (Wildman–Crippen LogP) is -0.552. The largest absolute Gasteiger partial charge is 0.324 e. The van der Waals surface area contributed by atoms with Gasteiger partial charge in [-0.05, 0) is 5.56 Å². The Morgan fingerprint density at radius 1 is 1.00 bits per heavy atom. The van der Waals surface area contributed by atoms with Crippen LogP contribution in [0.2, 0.25) is 0 Å². The number of benzene rings is 1. The van der Waals surface area contributed by atoms with Gasteiger partial charge in [-0.2, -0.15) is 0 Å². The van der Waals surface area contributed by atoms with Crippen molar-refractivity contribution in [3.05, 3.63) is 35.9 Å². The third-order valence-electron chi connectivity index (χ3n) is 2.36. The number of hydrazine groups is 1. The molecule has 1 aromatic rings. The lowest BCUT2D eigenvalue weighted by molar-refractivity contribution is 0.540. The molecule has 1 fully saturated rings. The van der Waals surface area contributed by atoms with Gasteiger partial charge in [-0.15, -0.1) is 0 Å². The first kappa shape index (κ1) is 8.65. The third kappa shape index (κ3) is 1.57. The Labute approximate surface area is 77.3 Å². The van der Waals surface area contributed by atoms with Gasteiger partial charge in [-0.1, -0.05) is 30.3 Å². The normalized spacial score (nSPS) is 33.5. The Balaban J connectivity index is 2.19. The lowest BCUT2D eigenvalue weighted by Gasteiger charge is -2.15.